The Labute approximate surface area is 92.0 Å². The third kappa shape index (κ3) is 4.08. The molecule has 88 valence electrons. The molecule has 1 aliphatic carbocycles. The Kier molecular flexibility index (Phi) is 4.88. The van der Waals surface area contributed by atoms with Crippen molar-refractivity contribution in [3.8, 4) is 0 Å². The van der Waals surface area contributed by atoms with Crippen molar-refractivity contribution >= 4 is 6.03 Å². The van der Waals surface area contributed by atoms with Crippen LogP contribution in [0.15, 0.2) is 0 Å². The Bertz CT molecular complexity index is 202. The third-order valence-electron chi connectivity index (χ3n) is 3.27. The number of amides is 2. The van der Waals surface area contributed by atoms with Gasteiger partial charge in [-0.2, -0.15) is 0 Å². The van der Waals surface area contributed by atoms with E-state index in [1.54, 1.807) is 0 Å². The van der Waals surface area contributed by atoms with Crippen molar-refractivity contribution in [2.75, 3.05) is 6.54 Å². The monoisotopic (exact) mass is 213 g/mol. The predicted molar refractivity (Wildman–Crippen MR) is 61.6 cm³/mol. The average molecular weight is 213 g/mol. The van der Waals surface area contributed by atoms with E-state index in [4.69, 9.17) is 5.73 Å². The van der Waals surface area contributed by atoms with Gasteiger partial charge < -0.3 is 16.4 Å². The number of urea groups is 1. The molecular formula is C11H23N3O. The lowest BCUT2D eigenvalue weighted by Crippen LogP contribution is -2.47. The molecule has 1 rings (SSSR count). The maximum atomic E-state index is 11.6. The molecule has 1 aliphatic rings. The summed E-state index contributed by atoms with van der Waals surface area (Å²) in [6.45, 7) is 4.64. The molecule has 1 saturated carbocycles. The van der Waals surface area contributed by atoms with Crippen molar-refractivity contribution in [1.82, 2.24) is 10.6 Å². The molecule has 0 aromatic carbocycles. The van der Waals surface area contributed by atoms with Gasteiger partial charge in [-0.15, -0.1) is 0 Å². The van der Waals surface area contributed by atoms with Crippen LogP contribution in [0.1, 0.15) is 39.5 Å². The number of carbonyl (C=O) groups is 1. The maximum absolute atomic E-state index is 11.6. The zero-order chi connectivity index (χ0) is 11.3. The number of hydrogen-bond donors (Lipinski definition) is 3. The molecule has 0 spiro atoms. The molecule has 0 aromatic rings. The summed E-state index contributed by atoms with van der Waals surface area (Å²) in [4.78, 5) is 11.6. The Hall–Kier alpha value is -0.770. The molecule has 4 N–H and O–H groups in total. The van der Waals surface area contributed by atoms with E-state index in [0.717, 1.165) is 12.8 Å². The van der Waals surface area contributed by atoms with Gasteiger partial charge in [0.15, 0.2) is 0 Å². The fourth-order valence-corrected chi connectivity index (χ4v) is 1.85. The molecular weight excluding hydrogens is 190 g/mol. The first-order chi connectivity index (χ1) is 7.13. The number of nitrogens with two attached hydrogens (primary N) is 1. The predicted octanol–water partition coefficient (Wildman–Crippen LogP) is 1.21. The Morgan fingerprint density at radius 2 is 2.00 bits per heavy atom. The van der Waals surface area contributed by atoms with E-state index in [9.17, 15) is 4.79 Å². The van der Waals surface area contributed by atoms with E-state index >= 15 is 0 Å². The first kappa shape index (κ1) is 12.3. The normalized spacial score (nSPS) is 21.0. The fraction of sp³-hybridized carbons (Fsp3) is 0.909. The van der Waals surface area contributed by atoms with Gasteiger partial charge in [0.05, 0.1) is 0 Å². The number of nitrogens with one attached hydrogen (secondary N) is 2. The van der Waals surface area contributed by atoms with Gasteiger partial charge in [0.25, 0.3) is 0 Å². The van der Waals surface area contributed by atoms with Crippen LogP contribution in [0.5, 0.6) is 0 Å². The summed E-state index contributed by atoms with van der Waals surface area (Å²) >= 11 is 0. The second kappa shape index (κ2) is 5.95. The topological polar surface area (TPSA) is 67.1 Å². The van der Waals surface area contributed by atoms with Crippen LogP contribution in [0, 0.1) is 5.92 Å². The fourth-order valence-electron chi connectivity index (χ4n) is 1.85. The highest BCUT2D eigenvalue weighted by Gasteiger charge is 2.19. The molecule has 1 fully saturated rings. The minimum atomic E-state index is -0.0466. The average Bonchev–Trinajstić information content (AvgIpc) is 2.68. The lowest BCUT2D eigenvalue weighted by atomic mass is 10.0. The van der Waals surface area contributed by atoms with E-state index in [2.05, 4.69) is 10.6 Å². The molecule has 4 heteroatoms. The minimum Gasteiger partial charge on any atom is -0.335 e. The van der Waals surface area contributed by atoms with Crippen LogP contribution in [0.4, 0.5) is 4.79 Å². The van der Waals surface area contributed by atoms with Crippen LogP contribution in [0.2, 0.25) is 0 Å². The molecule has 2 amide bonds. The quantitative estimate of drug-likeness (QED) is 0.657. The summed E-state index contributed by atoms with van der Waals surface area (Å²) in [6.07, 6.45) is 4.71. The van der Waals surface area contributed by atoms with Crippen LogP contribution >= 0.6 is 0 Å². The molecule has 4 nitrogen and oxygen atoms in total. The molecule has 2 atom stereocenters. The molecule has 0 radical (unpaired) electrons. The van der Waals surface area contributed by atoms with Crippen molar-refractivity contribution in [3.05, 3.63) is 0 Å². The summed E-state index contributed by atoms with van der Waals surface area (Å²) < 4.78 is 0. The Balaban J connectivity index is 2.22. The second-order valence-electron chi connectivity index (χ2n) is 4.60. The number of hydrogen-bond acceptors (Lipinski definition) is 2. The molecule has 0 heterocycles. The molecule has 0 aliphatic heterocycles. The Morgan fingerprint density at radius 3 is 2.53 bits per heavy atom. The molecule has 0 saturated heterocycles. The molecule has 0 bridgehead atoms. The van der Waals surface area contributed by atoms with Gasteiger partial charge in [-0.05, 0) is 32.2 Å². The smallest absolute Gasteiger partial charge is 0.315 e. The highest BCUT2D eigenvalue weighted by molar-refractivity contribution is 5.74. The standard InChI is InChI=1S/C11H23N3O/c1-8(7-12)9(2)13-11(15)14-10-5-3-4-6-10/h8-10H,3-7,12H2,1-2H3,(H2,13,14,15). The van der Waals surface area contributed by atoms with Gasteiger partial charge in [0.1, 0.15) is 0 Å². The van der Waals surface area contributed by atoms with Crippen LogP contribution < -0.4 is 16.4 Å². The van der Waals surface area contributed by atoms with Crippen LogP contribution in [-0.4, -0.2) is 24.7 Å². The first-order valence-electron chi connectivity index (χ1n) is 5.90. The zero-order valence-electron chi connectivity index (χ0n) is 9.75. The molecule has 0 aromatic heterocycles. The molecule has 15 heavy (non-hydrogen) atoms. The number of carbonyl (C=O) groups excluding carboxylic acids is 1. The molecule has 2 unspecified atom stereocenters. The first-order valence-corrected chi connectivity index (χ1v) is 5.90. The van der Waals surface area contributed by atoms with Gasteiger partial charge in [0.2, 0.25) is 0 Å². The summed E-state index contributed by atoms with van der Waals surface area (Å²) in [7, 11) is 0. The minimum absolute atomic E-state index is 0.0466. The SMILES string of the molecule is CC(CN)C(C)NC(=O)NC1CCCC1. The van der Waals surface area contributed by atoms with E-state index in [1.165, 1.54) is 12.8 Å². The van der Waals surface area contributed by atoms with Gasteiger partial charge in [0, 0.05) is 12.1 Å². The van der Waals surface area contributed by atoms with Crippen molar-refractivity contribution in [2.45, 2.75) is 51.6 Å². The highest BCUT2D eigenvalue weighted by atomic mass is 16.2. The highest BCUT2D eigenvalue weighted by Crippen LogP contribution is 2.17. The van der Waals surface area contributed by atoms with Crippen molar-refractivity contribution in [2.24, 2.45) is 11.7 Å². The lowest BCUT2D eigenvalue weighted by Gasteiger charge is -2.21. The second-order valence-corrected chi connectivity index (χ2v) is 4.60. The maximum Gasteiger partial charge on any atom is 0.315 e. The van der Waals surface area contributed by atoms with Crippen LogP contribution in [0.25, 0.3) is 0 Å². The third-order valence-corrected chi connectivity index (χ3v) is 3.27. The van der Waals surface area contributed by atoms with E-state index in [0.29, 0.717) is 18.5 Å². The van der Waals surface area contributed by atoms with Crippen molar-refractivity contribution in [3.63, 3.8) is 0 Å². The summed E-state index contributed by atoms with van der Waals surface area (Å²) in [5, 5.41) is 5.93. The van der Waals surface area contributed by atoms with E-state index in [1.807, 2.05) is 13.8 Å². The lowest BCUT2D eigenvalue weighted by molar-refractivity contribution is 0.230. The zero-order valence-corrected chi connectivity index (χ0v) is 9.75. The van der Waals surface area contributed by atoms with Gasteiger partial charge in [-0.1, -0.05) is 19.8 Å². The summed E-state index contributed by atoms with van der Waals surface area (Å²) in [5.41, 5.74) is 5.54. The van der Waals surface area contributed by atoms with Gasteiger partial charge in [-0.25, -0.2) is 4.79 Å². The number of rotatable bonds is 4. The summed E-state index contributed by atoms with van der Waals surface area (Å²) in [6, 6.07) is 0.469. The van der Waals surface area contributed by atoms with Crippen molar-refractivity contribution in [1.29, 1.82) is 0 Å². The largest absolute Gasteiger partial charge is 0.335 e. The van der Waals surface area contributed by atoms with Gasteiger partial charge >= 0.3 is 6.03 Å². The van der Waals surface area contributed by atoms with Crippen LogP contribution in [0.3, 0.4) is 0 Å². The van der Waals surface area contributed by atoms with E-state index < -0.39 is 0 Å². The Morgan fingerprint density at radius 1 is 1.40 bits per heavy atom. The van der Waals surface area contributed by atoms with E-state index in [-0.39, 0.29) is 12.1 Å². The van der Waals surface area contributed by atoms with Crippen molar-refractivity contribution < 1.29 is 4.79 Å². The summed E-state index contributed by atoms with van der Waals surface area (Å²) in [5.74, 6) is 0.319. The van der Waals surface area contributed by atoms with Gasteiger partial charge in [-0.3, -0.25) is 0 Å². The van der Waals surface area contributed by atoms with Crippen LogP contribution in [-0.2, 0) is 0 Å².